The van der Waals surface area contributed by atoms with E-state index in [0.717, 1.165) is 17.7 Å². The van der Waals surface area contributed by atoms with E-state index in [4.69, 9.17) is 5.73 Å². The van der Waals surface area contributed by atoms with Crippen molar-refractivity contribution in [2.45, 2.75) is 20.3 Å². The van der Waals surface area contributed by atoms with Crippen LogP contribution < -0.4 is 5.73 Å². The standard InChI is InChI=1S/C15H17N/c1-3-12-9-11(2)15(16)14(10-12)13-7-5-4-6-8-13/h4-10H,3,16H2,1-2H3. The van der Waals surface area contributed by atoms with E-state index in [1.165, 1.54) is 16.7 Å². The molecule has 0 saturated heterocycles. The second-order valence-electron chi connectivity index (χ2n) is 4.09. The Morgan fingerprint density at radius 3 is 2.38 bits per heavy atom. The summed E-state index contributed by atoms with van der Waals surface area (Å²) in [4.78, 5) is 0. The third-order valence-electron chi connectivity index (χ3n) is 2.94. The normalized spacial score (nSPS) is 10.4. The summed E-state index contributed by atoms with van der Waals surface area (Å²) in [5.74, 6) is 0. The lowest BCUT2D eigenvalue weighted by Crippen LogP contribution is -1.96. The highest BCUT2D eigenvalue weighted by Crippen LogP contribution is 2.29. The average Bonchev–Trinajstić information content (AvgIpc) is 2.33. The maximum atomic E-state index is 6.14. The first-order valence-electron chi connectivity index (χ1n) is 5.66. The summed E-state index contributed by atoms with van der Waals surface area (Å²) in [6.45, 7) is 4.24. The molecule has 0 unspecified atom stereocenters. The van der Waals surface area contributed by atoms with Crippen molar-refractivity contribution in [3.05, 3.63) is 53.6 Å². The number of nitrogens with two attached hydrogens (primary N) is 1. The summed E-state index contributed by atoms with van der Waals surface area (Å²) in [6, 6.07) is 14.7. The minimum atomic E-state index is 0.892. The minimum Gasteiger partial charge on any atom is -0.398 e. The van der Waals surface area contributed by atoms with Gasteiger partial charge in [0.25, 0.3) is 0 Å². The molecule has 1 nitrogen and oxygen atoms in total. The van der Waals surface area contributed by atoms with Crippen molar-refractivity contribution >= 4 is 5.69 Å². The van der Waals surface area contributed by atoms with E-state index in [0.29, 0.717) is 0 Å². The van der Waals surface area contributed by atoms with Crippen LogP contribution in [-0.4, -0.2) is 0 Å². The smallest absolute Gasteiger partial charge is 0.0423 e. The molecule has 1 heteroatoms. The Morgan fingerprint density at radius 1 is 1.06 bits per heavy atom. The molecule has 0 aliphatic rings. The molecule has 0 aliphatic carbocycles. The van der Waals surface area contributed by atoms with Gasteiger partial charge in [0.05, 0.1) is 0 Å². The Morgan fingerprint density at radius 2 is 1.75 bits per heavy atom. The van der Waals surface area contributed by atoms with Gasteiger partial charge in [-0.1, -0.05) is 43.3 Å². The van der Waals surface area contributed by atoms with Crippen molar-refractivity contribution < 1.29 is 0 Å². The molecule has 16 heavy (non-hydrogen) atoms. The topological polar surface area (TPSA) is 26.0 Å². The molecular weight excluding hydrogens is 194 g/mol. The van der Waals surface area contributed by atoms with E-state index >= 15 is 0 Å². The Labute approximate surface area is 96.9 Å². The number of anilines is 1. The molecule has 2 N–H and O–H groups in total. The van der Waals surface area contributed by atoms with Crippen molar-refractivity contribution in [3.8, 4) is 11.1 Å². The number of hydrogen-bond acceptors (Lipinski definition) is 1. The van der Waals surface area contributed by atoms with Crippen molar-refractivity contribution in [1.29, 1.82) is 0 Å². The van der Waals surface area contributed by atoms with Crippen LogP contribution in [0.4, 0.5) is 5.69 Å². The van der Waals surface area contributed by atoms with Gasteiger partial charge < -0.3 is 5.73 Å². The van der Waals surface area contributed by atoms with Gasteiger partial charge in [0, 0.05) is 11.3 Å². The largest absolute Gasteiger partial charge is 0.398 e. The van der Waals surface area contributed by atoms with Gasteiger partial charge in [0.2, 0.25) is 0 Å². The zero-order valence-corrected chi connectivity index (χ0v) is 9.83. The number of benzene rings is 2. The van der Waals surface area contributed by atoms with Crippen LogP contribution in [0.5, 0.6) is 0 Å². The van der Waals surface area contributed by atoms with Gasteiger partial charge in [-0.3, -0.25) is 0 Å². The fourth-order valence-corrected chi connectivity index (χ4v) is 1.93. The summed E-state index contributed by atoms with van der Waals surface area (Å²) >= 11 is 0. The van der Waals surface area contributed by atoms with E-state index < -0.39 is 0 Å². The number of nitrogen functional groups attached to an aromatic ring is 1. The molecule has 0 aromatic heterocycles. The Balaban J connectivity index is 2.60. The number of hydrogen-bond donors (Lipinski definition) is 1. The third kappa shape index (κ3) is 1.94. The minimum absolute atomic E-state index is 0.892. The quantitative estimate of drug-likeness (QED) is 0.751. The zero-order valence-electron chi connectivity index (χ0n) is 9.83. The van der Waals surface area contributed by atoms with Gasteiger partial charge in [-0.2, -0.15) is 0 Å². The SMILES string of the molecule is CCc1cc(C)c(N)c(-c2ccccc2)c1. The first kappa shape index (κ1) is 10.7. The average molecular weight is 211 g/mol. The molecule has 2 rings (SSSR count). The van der Waals surface area contributed by atoms with Crippen molar-refractivity contribution in [2.24, 2.45) is 0 Å². The summed E-state index contributed by atoms with van der Waals surface area (Å²) in [5, 5.41) is 0. The monoisotopic (exact) mass is 211 g/mol. The third-order valence-corrected chi connectivity index (χ3v) is 2.94. The molecule has 0 bridgehead atoms. The molecule has 0 spiro atoms. The summed E-state index contributed by atoms with van der Waals surface area (Å²) in [6.07, 6.45) is 1.04. The molecule has 0 amide bonds. The Kier molecular flexibility index (Phi) is 2.95. The van der Waals surface area contributed by atoms with E-state index in [9.17, 15) is 0 Å². The molecular formula is C15H17N. The van der Waals surface area contributed by atoms with Crippen molar-refractivity contribution in [2.75, 3.05) is 5.73 Å². The van der Waals surface area contributed by atoms with Gasteiger partial charge in [-0.15, -0.1) is 0 Å². The van der Waals surface area contributed by atoms with Crippen LogP contribution >= 0.6 is 0 Å². The van der Waals surface area contributed by atoms with Crippen molar-refractivity contribution in [1.82, 2.24) is 0 Å². The first-order valence-corrected chi connectivity index (χ1v) is 5.66. The summed E-state index contributed by atoms with van der Waals surface area (Å²) in [7, 11) is 0. The predicted molar refractivity (Wildman–Crippen MR) is 70.4 cm³/mol. The van der Waals surface area contributed by atoms with E-state index in [-0.39, 0.29) is 0 Å². The second-order valence-corrected chi connectivity index (χ2v) is 4.09. The van der Waals surface area contributed by atoms with Gasteiger partial charge in [-0.05, 0) is 36.1 Å². The van der Waals surface area contributed by atoms with Gasteiger partial charge in [-0.25, -0.2) is 0 Å². The van der Waals surface area contributed by atoms with Crippen LogP contribution in [0.25, 0.3) is 11.1 Å². The second kappa shape index (κ2) is 4.40. The van der Waals surface area contributed by atoms with Crippen LogP contribution in [0, 0.1) is 6.92 Å². The van der Waals surface area contributed by atoms with Gasteiger partial charge in [0.15, 0.2) is 0 Å². The molecule has 0 atom stereocenters. The van der Waals surface area contributed by atoms with Gasteiger partial charge in [0.1, 0.15) is 0 Å². The van der Waals surface area contributed by atoms with E-state index in [1.54, 1.807) is 0 Å². The predicted octanol–water partition coefficient (Wildman–Crippen LogP) is 3.81. The van der Waals surface area contributed by atoms with Gasteiger partial charge >= 0.3 is 0 Å². The molecule has 0 heterocycles. The van der Waals surface area contributed by atoms with Crippen LogP contribution in [0.15, 0.2) is 42.5 Å². The fourth-order valence-electron chi connectivity index (χ4n) is 1.93. The zero-order chi connectivity index (χ0) is 11.5. The van der Waals surface area contributed by atoms with Crippen molar-refractivity contribution in [3.63, 3.8) is 0 Å². The summed E-state index contributed by atoms with van der Waals surface area (Å²) < 4.78 is 0. The molecule has 0 saturated carbocycles. The van der Waals surface area contributed by atoms with Crippen LogP contribution in [0.1, 0.15) is 18.1 Å². The number of aryl methyl sites for hydroxylation is 2. The molecule has 0 aliphatic heterocycles. The molecule has 82 valence electrons. The lowest BCUT2D eigenvalue weighted by molar-refractivity contribution is 1.13. The molecule has 0 fully saturated rings. The highest BCUT2D eigenvalue weighted by molar-refractivity contribution is 5.79. The molecule has 2 aromatic rings. The van der Waals surface area contributed by atoms with Crippen LogP contribution in [-0.2, 0) is 6.42 Å². The van der Waals surface area contributed by atoms with Crippen LogP contribution in [0.2, 0.25) is 0 Å². The lowest BCUT2D eigenvalue weighted by atomic mass is 9.97. The number of rotatable bonds is 2. The summed E-state index contributed by atoms with van der Waals surface area (Å²) in [5.41, 5.74) is 11.9. The fraction of sp³-hybridized carbons (Fsp3) is 0.200. The van der Waals surface area contributed by atoms with E-state index in [1.807, 2.05) is 18.2 Å². The highest BCUT2D eigenvalue weighted by Gasteiger charge is 2.06. The molecule has 0 radical (unpaired) electrons. The van der Waals surface area contributed by atoms with E-state index in [2.05, 4.69) is 38.1 Å². The maximum Gasteiger partial charge on any atom is 0.0423 e. The van der Waals surface area contributed by atoms with Crippen LogP contribution in [0.3, 0.4) is 0 Å². The first-order chi connectivity index (χ1) is 7.72. The Hall–Kier alpha value is -1.76. The highest BCUT2D eigenvalue weighted by atomic mass is 14.6. The lowest BCUT2D eigenvalue weighted by Gasteiger charge is -2.11. The Bertz CT molecular complexity index is 486. The molecule has 2 aromatic carbocycles. The maximum absolute atomic E-state index is 6.14.